The molecule has 0 aromatic carbocycles. The number of amides is 5. The number of carbonyl (C=O) groups excluding carboxylic acids is 5. The van der Waals surface area contributed by atoms with Crippen LogP contribution in [0.25, 0.3) is 0 Å². The zero-order chi connectivity index (χ0) is 35.4. The van der Waals surface area contributed by atoms with E-state index in [9.17, 15) is 32.4 Å². The van der Waals surface area contributed by atoms with E-state index in [2.05, 4.69) is 33.1 Å². The van der Waals surface area contributed by atoms with Gasteiger partial charge >= 0.3 is 6.03 Å². The van der Waals surface area contributed by atoms with Gasteiger partial charge in [0.2, 0.25) is 17.6 Å². The maximum atomic E-state index is 14.3. The van der Waals surface area contributed by atoms with Gasteiger partial charge in [-0.25, -0.2) is 13.2 Å². The molecule has 0 aromatic rings. The van der Waals surface area contributed by atoms with Crippen LogP contribution in [0.15, 0.2) is 0 Å². The second kappa shape index (κ2) is 14.7. The minimum Gasteiger partial charge on any atom is -0.348 e. The molecule has 3 fully saturated rings. The Morgan fingerprint density at radius 1 is 0.979 bits per heavy atom. The summed E-state index contributed by atoms with van der Waals surface area (Å²) in [4.78, 5) is 68.8. The highest BCUT2D eigenvalue weighted by molar-refractivity contribution is 7.90. The number of urea groups is 1. The molecule has 2 saturated carbocycles. The average molecular weight is 674 g/mol. The van der Waals surface area contributed by atoms with Crippen LogP contribution >= 0.6 is 0 Å². The minimum absolute atomic E-state index is 0.0174. The van der Waals surface area contributed by atoms with Crippen LogP contribution in [0.3, 0.4) is 0 Å². The number of fused-ring (bicyclic) bond motifs is 1. The third-order valence-electron chi connectivity index (χ3n) is 9.87. The Labute approximate surface area is 279 Å². The van der Waals surface area contributed by atoms with Crippen molar-refractivity contribution >= 4 is 39.4 Å². The van der Waals surface area contributed by atoms with Crippen LogP contribution in [0.5, 0.6) is 0 Å². The number of Topliss-reactive ketones (excluding diaryl/α,β-unsaturated/α-hetero) is 1. The Balaban J connectivity index is 1.84. The lowest BCUT2D eigenvalue weighted by atomic mass is 9.83. The standard InChI is InChI=1S/C34H51N5O7S/c1-9-11-16-23(26(40)29(42)35-19-12-10-2)36-28(41)25-24-22(33(24,6)7)20-39(25)30(43)27(32(3,4)5)37-31(44)38-34(21-47(8,45)46)17-14-13-15-18-34/h1-2,22-25,27H,11-21H2,3-8H3,(H,35,42)(H,36,41)(H2,37,38,44)/t22-,23?,24?,25-,27+/m0/s1. The van der Waals surface area contributed by atoms with Gasteiger partial charge in [-0.2, -0.15) is 0 Å². The van der Waals surface area contributed by atoms with E-state index < -0.39 is 68.5 Å². The molecule has 1 aliphatic heterocycles. The quantitative estimate of drug-likeness (QED) is 0.131. The molecule has 4 N–H and O–H groups in total. The minimum atomic E-state index is -3.41. The first-order chi connectivity index (χ1) is 21.8. The van der Waals surface area contributed by atoms with Crippen LogP contribution in [0, 0.1) is 47.4 Å². The first-order valence-corrected chi connectivity index (χ1v) is 18.4. The number of carbonyl (C=O) groups is 5. The highest BCUT2D eigenvalue weighted by atomic mass is 32.2. The number of piperidine rings is 1. The molecule has 5 amide bonds. The van der Waals surface area contributed by atoms with Gasteiger partial charge in [0.15, 0.2) is 0 Å². The lowest BCUT2D eigenvalue weighted by molar-refractivity contribution is -0.145. The van der Waals surface area contributed by atoms with Crippen molar-refractivity contribution in [1.29, 1.82) is 0 Å². The van der Waals surface area contributed by atoms with Gasteiger partial charge < -0.3 is 26.2 Å². The second-order valence-electron chi connectivity index (χ2n) is 15.1. The smallest absolute Gasteiger partial charge is 0.315 e. The monoisotopic (exact) mass is 673 g/mol. The molecule has 12 nitrogen and oxygen atoms in total. The van der Waals surface area contributed by atoms with Crippen LogP contribution in [0.1, 0.15) is 86.0 Å². The number of hydrogen-bond donors (Lipinski definition) is 4. The molecule has 3 rings (SSSR count). The van der Waals surface area contributed by atoms with Crippen molar-refractivity contribution in [2.45, 2.75) is 110 Å². The third-order valence-corrected chi connectivity index (χ3v) is 10.9. The van der Waals surface area contributed by atoms with E-state index in [4.69, 9.17) is 12.8 Å². The van der Waals surface area contributed by atoms with E-state index in [0.29, 0.717) is 12.8 Å². The highest BCUT2D eigenvalue weighted by Gasteiger charge is 2.70. The molecule has 1 heterocycles. The van der Waals surface area contributed by atoms with Crippen molar-refractivity contribution in [2.75, 3.05) is 25.1 Å². The molecule has 47 heavy (non-hydrogen) atoms. The fraction of sp³-hybridized carbons (Fsp3) is 0.735. The van der Waals surface area contributed by atoms with Crippen LogP contribution < -0.4 is 21.3 Å². The number of ketones is 1. The summed E-state index contributed by atoms with van der Waals surface area (Å²) in [5, 5.41) is 10.9. The summed E-state index contributed by atoms with van der Waals surface area (Å²) in [6.45, 7) is 9.80. The van der Waals surface area contributed by atoms with Crippen molar-refractivity contribution in [2.24, 2.45) is 22.7 Å². The Kier molecular flexibility index (Phi) is 11.8. The molecule has 2 unspecified atom stereocenters. The van der Waals surface area contributed by atoms with Crippen LogP contribution in [-0.2, 0) is 29.0 Å². The third kappa shape index (κ3) is 9.28. The molecular weight excluding hydrogens is 622 g/mol. The predicted molar refractivity (Wildman–Crippen MR) is 178 cm³/mol. The Bertz CT molecular complexity index is 1430. The summed E-state index contributed by atoms with van der Waals surface area (Å²) in [5.41, 5.74) is -1.96. The first kappa shape index (κ1) is 37.9. The summed E-state index contributed by atoms with van der Waals surface area (Å²) < 4.78 is 24.6. The molecule has 5 atom stereocenters. The van der Waals surface area contributed by atoms with Gasteiger partial charge in [-0.15, -0.1) is 24.7 Å². The van der Waals surface area contributed by atoms with Crippen molar-refractivity contribution in [3.63, 3.8) is 0 Å². The maximum Gasteiger partial charge on any atom is 0.315 e. The highest BCUT2D eigenvalue weighted by Crippen LogP contribution is 2.65. The lowest BCUT2D eigenvalue weighted by Crippen LogP contribution is -2.63. The fourth-order valence-corrected chi connectivity index (χ4v) is 8.68. The van der Waals surface area contributed by atoms with Crippen molar-refractivity contribution in [3.05, 3.63) is 0 Å². The molecule has 1 saturated heterocycles. The Hall–Kier alpha value is -3.58. The summed E-state index contributed by atoms with van der Waals surface area (Å²) in [7, 11) is -3.41. The SMILES string of the molecule is C#CCCNC(=O)C(=O)C(CCC#C)NC(=O)[C@@H]1C2[C@H](CN1C(=O)[C@@H](NC(=O)NC1(CS(C)(=O)=O)CCCCC1)C(C)(C)C)C2(C)C. The summed E-state index contributed by atoms with van der Waals surface area (Å²) in [6, 6.07) is -3.85. The van der Waals surface area contributed by atoms with E-state index in [0.717, 1.165) is 25.5 Å². The molecule has 0 spiro atoms. The summed E-state index contributed by atoms with van der Waals surface area (Å²) >= 11 is 0. The van der Waals surface area contributed by atoms with Gasteiger partial charge in [0, 0.05) is 32.2 Å². The first-order valence-electron chi connectivity index (χ1n) is 16.3. The van der Waals surface area contributed by atoms with Gasteiger partial charge in [-0.05, 0) is 41.9 Å². The normalized spacial score (nSPS) is 23.9. The largest absolute Gasteiger partial charge is 0.348 e. The molecule has 260 valence electrons. The number of hydrogen-bond acceptors (Lipinski definition) is 7. The van der Waals surface area contributed by atoms with Gasteiger partial charge in [0.1, 0.15) is 21.9 Å². The van der Waals surface area contributed by atoms with E-state index >= 15 is 0 Å². The maximum absolute atomic E-state index is 14.3. The number of sulfone groups is 1. The molecule has 13 heteroatoms. The number of rotatable bonds is 13. The predicted octanol–water partition coefficient (Wildman–Crippen LogP) is 1.54. The van der Waals surface area contributed by atoms with Crippen LogP contribution in [-0.4, -0.2) is 91.6 Å². The average Bonchev–Trinajstić information content (AvgIpc) is 3.27. The topological polar surface area (TPSA) is 171 Å². The zero-order valence-electron chi connectivity index (χ0n) is 28.5. The lowest BCUT2D eigenvalue weighted by Gasteiger charge is -2.40. The van der Waals surface area contributed by atoms with Gasteiger partial charge in [0.05, 0.1) is 17.3 Å². The fourth-order valence-electron chi connectivity index (χ4n) is 7.32. The van der Waals surface area contributed by atoms with Crippen molar-refractivity contribution in [3.8, 4) is 24.7 Å². The number of nitrogens with zero attached hydrogens (tertiary/aromatic N) is 1. The molecule has 0 bridgehead atoms. The van der Waals surface area contributed by atoms with Gasteiger partial charge in [0.25, 0.3) is 5.91 Å². The summed E-state index contributed by atoms with van der Waals surface area (Å²) in [6.07, 6.45) is 15.7. The molecule has 2 aliphatic carbocycles. The van der Waals surface area contributed by atoms with E-state index in [1.807, 2.05) is 13.8 Å². The Morgan fingerprint density at radius 3 is 2.15 bits per heavy atom. The van der Waals surface area contributed by atoms with Gasteiger partial charge in [-0.3, -0.25) is 19.2 Å². The number of terminal acetylenes is 2. The van der Waals surface area contributed by atoms with E-state index in [-0.39, 0.29) is 55.4 Å². The van der Waals surface area contributed by atoms with Gasteiger partial charge in [-0.1, -0.05) is 53.9 Å². The number of nitrogens with one attached hydrogen (secondary N) is 4. The van der Waals surface area contributed by atoms with Crippen molar-refractivity contribution in [1.82, 2.24) is 26.2 Å². The summed E-state index contributed by atoms with van der Waals surface area (Å²) in [5.74, 6) is 1.64. The van der Waals surface area contributed by atoms with E-state index in [1.165, 1.54) is 4.90 Å². The van der Waals surface area contributed by atoms with Crippen molar-refractivity contribution < 1.29 is 32.4 Å². The molecule has 0 radical (unpaired) electrons. The second-order valence-corrected chi connectivity index (χ2v) is 17.2. The molecule has 0 aromatic heterocycles. The molecular formula is C34H51N5O7S. The van der Waals surface area contributed by atoms with Crippen LogP contribution in [0.4, 0.5) is 4.79 Å². The van der Waals surface area contributed by atoms with Crippen LogP contribution in [0.2, 0.25) is 0 Å². The Morgan fingerprint density at radius 2 is 1.60 bits per heavy atom. The number of likely N-dealkylation sites (tertiary alicyclic amines) is 1. The zero-order valence-corrected chi connectivity index (χ0v) is 29.3. The van der Waals surface area contributed by atoms with E-state index in [1.54, 1.807) is 20.8 Å². The molecule has 3 aliphatic rings.